The molecule has 0 bridgehead atoms. The molecule has 3 aromatic rings. The van der Waals surface area contributed by atoms with Gasteiger partial charge >= 0.3 is 0 Å². The second-order valence-electron chi connectivity index (χ2n) is 7.90. The number of hydrogen-bond acceptors (Lipinski definition) is 7. The van der Waals surface area contributed by atoms with E-state index >= 15 is 0 Å². The van der Waals surface area contributed by atoms with E-state index in [0.29, 0.717) is 18.6 Å². The SMILES string of the molecule is Cc1cccc2cc(CNC(=O)c3nccnc3N)c(N3C[C@H](C)NC[C@H]3C)nc12. The zero-order valence-corrected chi connectivity index (χ0v) is 17.5. The van der Waals surface area contributed by atoms with Crippen LogP contribution in [-0.2, 0) is 6.54 Å². The lowest BCUT2D eigenvalue weighted by atomic mass is 10.1. The average molecular weight is 406 g/mol. The molecule has 4 rings (SSSR count). The number of rotatable bonds is 4. The smallest absolute Gasteiger partial charge is 0.273 e. The zero-order valence-electron chi connectivity index (χ0n) is 17.5. The molecule has 2 aromatic heterocycles. The molecule has 1 fully saturated rings. The number of para-hydroxylation sites is 1. The number of aromatic nitrogens is 3. The van der Waals surface area contributed by atoms with Gasteiger partial charge in [0.05, 0.1) is 5.52 Å². The van der Waals surface area contributed by atoms with Crippen molar-refractivity contribution >= 4 is 28.4 Å². The largest absolute Gasteiger partial charge is 0.382 e. The van der Waals surface area contributed by atoms with E-state index in [-0.39, 0.29) is 17.4 Å². The molecule has 156 valence electrons. The molecule has 0 radical (unpaired) electrons. The Kier molecular flexibility index (Phi) is 5.50. The van der Waals surface area contributed by atoms with Gasteiger partial charge in [-0.25, -0.2) is 15.0 Å². The quantitative estimate of drug-likeness (QED) is 0.609. The molecule has 0 spiro atoms. The Hall–Kier alpha value is -3.26. The fourth-order valence-corrected chi connectivity index (χ4v) is 3.86. The number of pyridine rings is 1. The second-order valence-corrected chi connectivity index (χ2v) is 7.90. The molecule has 0 unspecified atom stereocenters. The number of anilines is 2. The first-order valence-electron chi connectivity index (χ1n) is 10.2. The minimum absolute atomic E-state index is 0.118. The first-order chi connectivity index (χ1) is 14.4. The minimum atomic E-state index is -0.349. The van der Waals surface area contributed by atoms with Crippen LogP contribution in [0.15, 0.2) is 36.7 Å². The Morgan fingerprint density at radius 2 is 2.10 bits per heavy atom. The van der Waals surface area contributed by atoms with E-state index in [4.69, 9.17) is 10.7 Å². The summed E-state index contributed by atoms with van der Waals surface area (Å²) in [6, 6.07) is 8.91. The maximum atomic E-state index is 12.6. The summed E-state index contributed by atoms with van der Waals surface area (Å²) in [6.07, 6.45) is 2.92. The van der Waals surface area contributed by atoms with Crippen LogP contribution in [0, 0.1) is 6.92 Å². The van der Waals surface area contributed by atoms with Crippen molar-refractivity contribution in [2.24, 2.45) is 0 Å². The van der Waals surface area contributed by atoms with E-state index in [9.17, 15) is 4.79 Å². The maximum absolute atomic E-state index is 12.6. The van der Waals surface area contributed by atoms with Crippen LogP contribution in [0.3, 0.4) is 0 Å². The average Bonchev–Trinajstić information content (AvgIpc) is 2.74. The minimum Gasteiger partial charge on any atom is -0.382 e. The molecule has 8 nitrogen and oxygen atoms in total. The number of nitrogens with zero attached hydrogens (tertiary/aromatic N) is 4. The molecule has 1 aliphatic rings. The highest BCUT2D eigenvalue weighted by Gasteiger charge is 2.26. The van der Waals surface area contributed by atoms with E-state index in [1.165, 1.54) is 12.4 Å². The van der Waals surface area contributed by atoms with Crippen molar-refractivity contribution in [3.63, 3.8) is 0 Å². The van der Waals surface area contributed by atoms with Crippen LogP contribution < -0.4 is 21.3 Å². The predicted octanol–water partition coefficient (Wildman–Crippen LogP) is 2.03. The topological polar surface area (TPSA) is 109 Å². The second kappa shape index (κ2) is 8.23. The maximum Gasteiger partial charge on any atom is 0.273 e. The molecule has 2 atom stereocenters. The number of fused-ring (bicyclic) bond motifs is 1. The Morgan fingerprint density at radius 3 is 2.90 bits per heavy atom. The van der Waals surface area contributed by atoms with Gasteiger partial charge in [-0.1, -0.05) is 18.2 Å². The summed E-state index contributed by atoms with van der Waals surface area (Å²) in [5.74, 6) is 0.676. The van der Waals surface area contributed by atoms with Crippen molar-refractivity contribution in [3.05, 3.63) is 53.5 Å². The molecular weight excluding hydrogens is 378 g/mol. The summed E-state index contributed by atoms with van der Waals surface area (Å²) >= 11 is 0. The monoisotopic (exact) mass is 405 g/mol. The molecule has 3 heterocycles. The number of piperazine rings is 1. The lowest BCUT2D eigenvalue weighted by Gasteiger charge is -2.39. The number of aryl methyl sites for hydroxylation is 1. The van der Waals surface area contributed by atoms with E-state index in [0.717, 1.165) is 40.9 Å². The van der Waals surface area contributed by atoms with Crippen LogP contribution >= 0.6 is 0 Å². The summed E-state index contributed by atoms with van der Waals surface area (Å²) in [4.78, 5) is 28.0. The molecule has 4 N–H and O–H groups in total. The number of hydrogen-bond donors (Lipinski definition) is 3. The summed E-state index contributed by atoms with van der Waals surface area (Å²) in [5, 5.41) is 7.50. The Bertz CT molecular complexity index is 1080. The van der Waals surface area contributed by atoms with Crippen molar-refractivity contribution in [2.45, 2.75) is 39.4 Å². The number of nitrogen functional groups attached to an aromatic ring is 1. The van der Waals surface area contributed by atoms with Crippen molar-refractivity contribution in [2.75, 3.05) is 23.7 Å². The summed E-state index contributed by atoms with van der Waals surface area (Å²) in [7, 11) is 0. The molecular formula is C22H27N7O. The van der Waals surface area contributed by atoms with Gasteiger partial charge < -0.3 is 21.3 Å². The van der Waals surface area contributed by atoms with Gasteiger partial charge in [-0.15, -0.1) is 0 Å². The van der Waals surface area contributed by atoms with Crippen LogP contribution in [0.1, 0.15) is 35.5 Å². The van der Waals surface area contributed by atoms with E-state index < -0.39 is 0 Å². The molecule has 1 amide bonds. The van der Waals surface area contributed by atoms with Crippen molar-refractivity contribution < 1.29 is 4.79 Å². The number of carbonyl (C=O) groups excluding carboxylic acids is 1. The first kappa shape index (κ1) is 20.0. The Balaban J connectivity index is 1.70. The standard InChI is InChI=1S/C22H27N7O/c1-13-5-4-6-16-9-17(11-27-22(30)19-20(23)25-8-7-24-19)21(28-18(13)16)29-12-14(2)26-10-15(29)3/h4-9,14-15,26H,10-12H2,1-3H3,(H2,23,25)(H,27,30)/t14-,15+/m0/s1. The van der Waals surface area contributed by atoms with Gasteiger partial charge in [0, 0.05) is 55.1 Å². The Morgan fingerprint density at radius 1 is 1.30 bits per heavy atom. The molecule has 0 aliphatic carbocycles. The molecule has 1 saturated heterocycles. The summed E-state index contributed by atoms with van der Waals surface area (Å²) in [6.45, 7) is 8.49. The van der Waals surface area contributed by atoms with Gasteiger partial charge in [-0.2, -0.15) is 0 Å². The molecule has 8 heteroatoms. The summed E-state index contributed by atoms with van der Waals surface area (Å²) < 4.78 is 0. The van der Waals surface area contributed by atoms with Crippen molar-refractivity contribution in [1.82, 2.24) is 25.6 Å². The number of amides is 1. The molecule has 30 heavy (non-hydrogen) atoms. The highest BCUT2D eigenvalue weighted by Crippen LogP contribution is 2.28. The molecule has 1 aliphatic heterocycles. The number of nitrogens with two attached hydrogens (primary N) is 1. The van der Waals surface area contributed by atoms with Gasteiger partial charge in [0.15, 0.2) is 11.5 Å². The number of nitrogens with one attached hydrogen (secondary N) is 2. The van der Waals surface area contributed by atoms with Gasteiger partial charge in [0.2, 0.25) is 0 Å². The third kappa shape index (κ3) is 3.91. The van der Waals surface area contributed by atoms with Crippen LogP contribution in [-0.4, -0.2) is 46.0 Å². The lowest BCUT2D eigenvalue weighted by Crippen LogP contribution is -2.55. The number of carbonyl (C=O) groups is 1. The summed E-state index contributed by atoms with van der Waals surface area (Å²) in [5.41, 5.74) is 9.01. The third-order valence-electron chi connectivity index (χ3n) is 5.52. The zero-order chi connectivity index (χ0) is 21.3. The van der Waals surface area contributed by atoms with Gasteiger partial charge in [0.25, 0.3) is 5.91 Å². The molecule has 0 saturated carbocycles. The van der Waals surface area contributed by atoms with Gasteiger partial charge in [-0.05, 0) is 32.4 Å². The van der Waals surface area contributed by atoms with Crippen LogP contribution in [0.5, 0.6) is 0 Å². The van der Waals surface area contributed by atoms with Crippen molar-refractivity contribution in [1.29, 1.82) is 0 Å². The predicted molar refractivity (Wildman–Crippen MR) is 118 cm³/mol. The fraction of sp³-hybridized carbons (Fsp3) is 0.364. The molecule has 1 aromatic carbocycles. The number of benzene rings is 1. The first-order valence-corrected chi connectivity index (χ1v) is 10.2. The highest BCUT2D eigenvalue weighted by molar-refractivity contribution is 5.96. The third-order valence-corrected chi connectivity index (χ3v) is 5.52. The van der Waals surface area contributed by atoms with E-state index in [2.05, 4.69) is 64.5 Å². The fourth-order valence-electron chi connectivity index (χ4n) is 3.86. The lowest BCUT2D eigenvalue weighted by molar-refractivity contribution is 0.0946. The van der Waals surface area contributed by atoms with Crippen LogP contribution in [0.25, 0.3) is 10.9 Å². The van der Waals surface area contributed by atoms with Crippen molar-refractivity contribution in [3.8, 4) is 0 Å². The highest BCUT2D eigenvalue weighted by atomic mass is 16.1. The normalized spacial score (nSPS) is 19.1. The van der Waals surface area contributed by atoms with E-state index in [1.54, 1.807) is 0 Å². The van der Waals surface area contributed by atoms with Crippen LogP contribution in [0.4, 0.5) is 11.6 Å². The van der Waals surface area contributed by atoms with Crippen LogP contribution in [0.2, 0.25) is 0 Å². The van der Waals surface area contributed by atoms with Gasteiger partial charge in [0.1, 0.15) is 5.82 Å². The van der Waals surface area contributed by atoms with Gasteiger partial charge in [-0.3, -0.25) is 4.79 Å². The van der Waals surface area contributed by atoms with E-state index in [1.807, 2.05) is 6.07 Å². The Labute approximate surface area is 175 Å².